The van der Waals surface area contributed by atoms with E-state index in [1.165, 1.54) is 6.92 Å². The van der Waals surface area contributed by atoms with Crippen LogP contribution in [0.2, 0.25) is 0 Å². The Bertz CT molecular complexity index is 193. The topological polar surface area (TPSA) is 167 Å². The van der Waals surface area contributed by atoms with Crippen molar-refractivity contribution in [3.63, 3.8) is 0 Å². The first-order valence-corrected chi connectivity index (χ1v) is 3.28. The fraction of sp³-hybridized carbons (Fsp3) is 0.800. The Morgan fingerprint density at radius 2 is 1.62 bits per heavy atom. The maximum Gasteiger partial charge on any atom is 0.341 e. The van der Waals surface area contributed by atoms with Crippen LogP contribution in [0.1, 0.15) is 6.92 Å². The molecule has 0 rings (SSSR count). The van der Waals surface area contributed by atoms with Gasteiger partial charge in [0.2, 0.25) is 0 Å². The van der Waals surface area contributed by atoms with Crippen LogP contribution in [0.5, 0.6) is 0 Å². The summed E-state index contributed by atoms with van der Waals surface area (Å²) in [4.78, 5) is 10.5. The zero-order valence-electron chi connectivity index (χ0n) is 7.23. The fourth-order valence-electron chi connectivity index (χ4n) is 0.562. The minimum atomic E-state index is -2.23. The van der Waals surface area contributed by atoms with E-state index >= 15 is 0 Å². The van der Waals surface area contributed by atoms with Gasteiger partial charge in [-0.3, -0.25) is 0 Å². The van der Waals surface area contributed by atoms with Gasteiger partial charge in [-0.25, -0.2) is 4.79 Å². The molecule has 0 spiro atoms. The number of hydrogen-bond donors (Lipinski definition) is 6. The van der Waals surface area contributed by atoms with Gasteiger partial charge in [0.15, 0.2) is 5.66 Å². The van der Waals surface area contributed by atoms with Crippen LogP contribution in [0.3, 0.4) is 0 Å². The lowest BCUT2D eigenvalue weighted by Gasteiger charge is -2.39. The largest absolute Gasteiger partial charge is 0.479 e. The van der Waals surface area contributed by atoms with Gasteiger partial charge in [0.05, 0.1) is 0 Å². The van der Waals surface area contributed by atoms with Crippen LogP contribution in [0.25, 0.3) is 0 Å². The SMILES string of the molecule is CC(N)C(N)(N)C(N)(N)C(=O)O.Cl. The Kier molecular flexibility index (Phi) is 4.84. The molecular formula is C5H16ClN5O2. The lowest BCUT2D eigenvalue weighted by Crippen LogP contribution is -2.84. The molecule has 0 heterocycles. The third kappa shape index (κ3) is 2.50. The molecule has 0 aromatic carbocycles. The van der Waals surface area contributed by atoms with Crippen molar-refractivity contribution in [3.8, 4) is 0 Å². The fourth-order valence-corrected chi connectivity index (χ4v) is 0.562. The van der Waals surface area contributed by atoms with E-state index in [0.717, 1.165) is 0 Å². The van der Waals surface area contributed by atoms with Crippen LogP contribution in [-0.2, 0) is 4.79 Å². The van der Waals surface area contributed by atoms with E-state index in [1.807, 2.05) is 0 Å². The summed E-state index contributed by atoms with van der Waals surface area (Å²) < 4.78 is 0. The minimum absolute atomic E-state index is 0. The van der Waals surface area contributed by atoms with Crippen LogP contribution in [-0.4, -0.2) is 28.4 Å². The molecule has 0 aliphatic rings. The average molecular weight is 214 g/mol. The lowest BCUT2D eigenvalue weighted by molar-refractivity contribution is -0.146. The van der Waals surface area contributed by atoms with Gasteiger partial charge >= 0.3 is 5.97 Å². The molecule has 0 saturated heterocycles. The van der Waals surface area contributed by atoms with E-state index in [0.29, 0.717) is 0 Å². The van der Waals surface area contributed by atoms with Crippen molar-refractivity contribution in [2.75, 3.05) is 0 Å². The molecule has 0 bridgehead atoms. The molecule has 0 aromatic heterocycles. The van der Waals surface area contributed by atoms with Gasteiger partial charge in [-0.15, -0.1) is 12.4 Å². The molecule has 0 aliphatic carbocycles. The molecule has 1 unspecified atom stereocenters. The van der Waals surface area contributed by atoms with Gasteiger partial charge in [-0.1, -0.05) is 0 Å². The van der Waals surface area contributed by atoms with Gasteiger partial charge in [0, 0.05) is 6.04 Å². The summed E-state index contributed by atoms with van der Waals surface area (Å²) >= 11 is 0. The van der Waals surface area contributed by atoms with Gasteiger partial charge in [-0.2, -0.15) is 0 Å². The third-order valence-corrected chi connectivity index (χ3v) is 1.82. The number of rotatable bonds is 3. The second-order valence-electron chi connectivity index (χ2n) is 2.90. The van der Waals surface area contributed by atoms with Gasteiger partial charge in [0.25, 0.3) is 0 Å². The summed E-state index contributed by atoms with van der Waals surface area (Å²) in [7, 11) is 0. The van der Waals surface area contributed by atoms with Crippen LogP contribution in [0, 0.1) is 0 Å². The van der Waals surface area contributed by atoms with Crippen LogP contribution in [0.4, 0.5) is 0 Å². The maximum absolute atomic E-state index is 10.5. The summed E-state index contributed by atoms with van der Waals surface area (Å²) in [5.74, 6) is -1.50. The summed E-state index contributed by atoms with van der Waals surface area (Å²) in [5.41, 5.74) is 22.3. The highest BCUT2D eigenvalue weighted by molar-refractivity contribution is 5.85. The lowest BCUT2D eigenvalue weighted by atomic mass is 9.90. The molecule has 0 fully saturated rings. The van der Waals surface area contributed by atoms with E-state index < -0.39 is 23.3 Å². The Morgan fingerprint density at radius 1 is 1.31 bits per heavy atom. The van der Waals surface area contributed by atoms with Crippen molar-refractivity contribution in [1.29, 1.82) is 0 Å². The van der Waals surface area contributed by atoms with Gasteiger partial charge in [0.1, 0.15) is 5.66 Å². The Balaban J connectivity index is 0. The van der Waals surface area contributed by atoms with Crippen molar-refractivity contribution in [1.82, 2.24) is 0 Å². The normalized spacial score (nSPS) is 14.6. The third-order valence-electron chi connectivity index (χ3n) is 1.82. The van der Waals surface area contributed by atoms with E-state index in [-0.39, 0.29) is 12.4 Å². The molecule has 8 heteroatoms. The number of halogens is 1. The number of carboxylic acids is 1. The Labute approximate surface area is 82.0 Å². The van der Waals surface area contributed by atoms with Crippen LogP contribution >= 0.6 is 12.4 Å². The van der Waals surface area contributed by atoms with Crippen LogP contribution in [0.15, 0.2) is 0 Å². The first-order chi connectivity index (χ1) is 5.14. The number of nitrogens with two attached hydrogens (primary N) is 5. The molecule has 11 N–H and O–H groups in total. The van der Waals surface area contributed by atoms with Crippen molar-refractivity contribution in [3.05, 3.63) is 0 Å². The molecule has 80 valence electrons. The average Bonchev–Trinajstić information content (AvgIpc) is 1.86. The molecule has 0 saturated carbocycles. The maximum atomic E-state index is 10.5. The zero-order chi connectivity index (χ0) is 10.2. The smallest absolute Gasteiger partial charge is 0.341 e. The predicted molar refractivity (Wildman–Crippen MR) is 50.7 cm³/mol. The van der Waals surface area contributed by atoms with Crippen molar-refractivity contribution in [2.24, 2.45) is 28.7 Å². The quantitative estimate of drug-likeness (QED) is 0.273. The molecule has 7 nitrogen and oxygen atoms in total. The van der Waals surface area contributed by atoms with Crippen molar-refractivity contribution in [2.45, 2.75) is 24.3 Å². The highest BCUT2D eigenvalue weighted by Crippen LogP contribution is 2.09. The molecular weight excluding hydrogens is 198 g/mol. The molecule has 13 heavy (non-hydrogen) atoms. The highest BCUT2D eigenvalue weighted by atomic mass is 35.5. The Morgan fingerprint density at radius 3 is 1.69 bits per heavy atom. The summed E-state index contributed by atoms with van der Waals surface area (Å²) in [6, 6.07) is -0.830. The summed E-state index contributed by atoms with van der Waals surface area (Å²) in [6.07, 6.45) is 0. The predicted octanol–water partition coefficient (Wildman–Crippen LogP) is -2.93. The minimum Gasteiger partial charge on any atom is -0.479 e. The summed E-state index contributed by atoms with van der Waals surface area (Å²) in [6.45, 7) is 1.43. The molecule has 0 aliphatic heterocycles. The van der Waals surface area contributed by atoms with Gasteiger partial charge in [-0.05, 0) is 6.92 Å². The molecule has 0 amide bonds. The number of carbonyl (C=O) groups is 1. The highest BCUT2D eigenvalue weighted by Gasteiger charge is 2.49. The van der Waals surface area contributed by atoms with E-state index in [1.54, 1.807) is 0 Å². The molecule has 0 radical (unpaired) electrons. The second kappa shape index (κ2) is 4.18. The number of aliphatic carboxylic acids is 1. The standard InChI is InChI=1S/C5H15N5O2.ClH/c1-2(6)4(7,8)5(9,10)3(11)12;/h2H,6-10H2,1H3,(H,11,12);1H. The monoisotopic (exact) mass is 213 g/mol. The van der Waals surface area contributed by atoms with E-state index in [9.17, 15) is 4.79 Å². The van der Waals surface area contributed by atoms with Gasteiger partial charge < -0.3 is 33.8 Å². The summed E-state index contributed by atoms with van der Waals surface area (Å²) in [5, 5.41) is 8.56. The zero-order valence-corrected chi connectivity index (χ0v) is 8.04. The Hall–Kier alpha value is -0.440. The van der Waals surface area contributed by atoms with E-state index in [4.69, 9.17) is 33.8 Å². The first kappa shape index (κ1) is 15.1. The molecule has 1 atom stereocenters. The molecule has 0 aromatic rings. The van der Waals surface area contributed by atoms with Crippen LogP contribution < -0.4 is 28.7 Å². The van der Waals surface area contributed by atoms with E-state index in [2.05, 4.69) is 0 Å². The number of carboxylic acid groups (broad SMARTS) is 1. The number of hydrogen-bond acceptors (Lipinski definition) is 6. The second-order valence-corrected chi connectivity index (χ2v) is 2.90. The van der Waals surface area contributed by atoms with Crippen molar-refractivity contribution >= 4 is 18.4 Å². The van der Waals surface area contributed by atoms with Crippen molar-refractivity contribution < 1.29 is 9.90 Å². The first-order valence-electron chi connectivity index (χ1n) is 3.28.